The molecule has 0 saturated heterocycles. The third-order valence-electron chi connectivity index (χ3n) is 13.3. The summed E-state index contributed by atoms with van der Waals surface area (Å²) in [4.78, 5) is 0. The van der Waals surface area contributed by atoms with Crippen molar-refractivity contribution >= 4 is 39.4 Å². The van der Waals surface area contributed by atoms with Gasteiger partial charge in [0.05, 0.1) is 6.04 Å². The van der Waals surface area contributed by atoms with Gasteiger partial charge in [0.15, 0.2) is 0 Å². The molecule has 0 saturated carbocycles. The van der Waals surface area contributed by atoms with E-state index >= 15 is 0 Å². The van der Waals surface area contributed by atoms with Crippen LogP contribution in [0.2, 0.25) is 0 Å². The van der Waals surface area contributed by atoms with E-state index < -0.39 is 0 Å². The molecule has 67 heavy (non-hydrogen) atoms. The molecule has 2 aliphatic carbocycles. The lowest BCUT2D eigenvalue weighted by molar-refractivity contribution is 0.767. The van der Waals surface area contributed by atoms with Crippen molar-refractivity contribution in [3.05, 3.63) is 282 Å². The molecule has 2 heteroatoms. The van der Waals surface area contributed by atoms with Gasteiger partial charge in [-0.3, -0.25) is 0 Å². The molecule has 322 valence electrons. The molecule has 2 N–H and O–H groups in total. The summed E-state index contributed by atoms with van der Waals surface area (Å²) in [5.74, 6) is 0. The first-order valence-corrected chi connectivity index (χ1v) is 23.6. The summed E-state index contributed by atoms with van der Waals surface area (Å²) in [5.41, 5.74) is 23.2. The second-order valence-corrected chi connectivity index (χ2v) is 17.7. The Morgan fingerprint density at radius 3 is 1.73 bits per heavy atom. The van der Waals surface area contributed by atoms with Crippen LogP contribution in [0, 0.1) is 0 Å². The number of dihydropyridines is 1. The zero-order valence-corrected chi connectivity index (χ0v) is 37.6. The number of allylic oxidation sites excluding steroid dienone is 10. The molecule has 1 unspecified atom stereocenters. The molecular formula is C65H52N2. The fourth-order valence-electron chi connectivity index (χ4n) is 9.65. The zero-order chi connectivity index (χ0) is 44.8. The fraction of sp³-hybridized carbons (Fsp3) is 0.0769. The van der Waals surface area contributed by atoms with E-state index in [2.05, 4.69) is 259 Å². The van der Waals surface area contributed by atoms with Gasteiger partial charge in [-0.2, -0.15) is 0 Å². The molecule has 1 aliphatic heterocycles. The zero-order valence-electron chi connectivity index (χ0n) is 37.6. The maximum atomic E-state index is 3.93. The summed E-state index contributed by atoms with van der Waals surface area (Å²) in [6.07, 6.45) is 20.4. The van der Waals surface area contributed by atoms with Crippen molar-refractivity contribution in [3.8, 4) is 33.4 Å². The largest absolute Gasteiger partial charge is 0.374 e. The molecule has 8 aromatic carbocycles. The van der Waals surface area contributed by atoms with Crippen LogP contribution in [0.4, 0.5) is 11.4 Å². The fourth-order valence-corrected chi connectivity index (χ4v) is 9.65. The Hall–Kier alpha value is -8.20. The highest BCUT2D eigenvalue weighted by molar-refractivity contribution is 5.89. The monoisotopic (exact) mass is 860 g/mol. The van der Waals surface area contributed by atoms with E-state index in [0.29, 0.717) is 0 Å². The van der Waals surface area contributed by atoms with E-state index in [1.54, 1.807) is 0 Å². The third kappa shape index (κ3) is 9.34. The maximum absolute atomic E-state index is 3.93. The van der Waals surface area contributed by atoms with Crippen molar-refractivity contribution < 1.29 is 0 Å². The Labute approximate surface area is 395 Å². The van der Waals surface area contributed by atoms with Crippen molar-refractivity contribution in [2.45, 2.75) is 31.7 Å². The lowest BCUT2D eigenvalue weighted by atomic mass is 9.89. The van der Waals surface area contributed by atoms with Gasteiger partial charge in [-0.05, 0) is 152 Å². The Morgan fingerprint density at radius 2 is 1.00 bits per heavy atom. The molecule has 0 aromatic heterocycles. The molecule has 1 heterocycles. The van der Waals surface area contributed by atoms with Crippen LogP contribution >= 0.6 is 0 Å². The average Bonchev–Trinajstić information content (AvgIpc) is 3.42. The van der Waals surface area contributed by atoms with E-state index in [9.17, 15) is 0 Å². The van der Waals surface area contributed by atoms with Crippen LogP contribution in [-0.4, -0.2) is 0 Å². The number of benzene rings is 8. The van der Waals surface area contributed by atoms with Crippen molar-refractivity contribution in [2.75, 3.05) is 5.32 Å². The molecule has 8 aromatic rings. The molecule has 3 aliphatic rings. The SMILES string of the molecule is C1=CCCC(c2cccc(-c3cccc(-c4ccc(C5=CC(c6ccc(C7=CC(c8ccccc8)=CCC7)cc6)=CC(c6ccc(Nc7ccccc7-c7ccccc7)cc6)N5)cc4)c3)c2)=C1. The van der Waals surface area contributed by atoms with Crippen molar-refractivity contribution in [3.63, 3.8) is 0 Å². The Morgan fingerprint density at radius 1 is 0.418 bits per heavy atom. The van der Waals surface area contributed by atoms with E-state index in [1.807, 2.05) is 0 Å². The van der Waals surface area contributed by atoms with Crippen LogP contribution < -0.4 is 10.6 Å². The maximum Gasteiger partial charge on any atom is 0.0707 e. The minimum Gasteiger partial charge on any atom is -0.374 e. The van der Waals surface area contributed by atoms with Crippen LogP contribution in [0.5, 0.6) is 0 Å². The summed E-state index contributed by atoms with van der Waals surface area (Å²) in [6, 6.07) is 74.8. The lowest BCUT2D eigenvalue weighted by Crippen LogP contribution is -2.21. The highest BCUT2D eigenvalue weighted by Gasteiger charge is 2.20. The summed E-state index contributed by atoms with van der Waals surface area (Å²) in [6.45, 7) is 0. The Balaban J connectivity index is 0.882. The van der Waals surface area contributed by atoms with Gasteiger partial charge in [0.25, 0.3) is 0 Å². The molecule has 1 atom stereocenters. The van der Waals surface area contributed by atoms with E-state index in [0.717, 1.165) is 48.3 Å². The van der Waals surface area contributed by atoms with Crippen molar-refractivity contribution in [1.29, 1.82) is 0 Å². The van der Waals surface area contributed by atoms with Gasteiger partial charge in [-0.15, -0.1) is 0 Å². The minimum absolute atomic E-state index is 0.0348. The van der Waals surface area contributed by atoms with Crippen LogP contribution in [0.15, 0.2) is 249 Å². The second-order valence-electron chi connectivity index (χ2n) is 17.7. The highest BCUT2D eigenvalue weighted by atomic mass is 14.9. The van der Waals surface area contributed by atoms with Gasteiger partial charge in [-0.25, -0.2) is 0 Å². The van der Waals surface area contributed by atoms with Crippen molar-refractivity contribution in [1.82, 2.24) is 5.32 Å². The first kappa shape index (κ1) is 41.5. The summed E-state index contributed by atoms with van der Waals surface area (Å²) in [5, 5.41) is 7.63. The topological polar surface area (TPSA) is 24.1 Å². The number of hydrogen-bond acceptors (Lipinski definition) is 2. The van der Waals surface area contributed by atoms with Gasteiger partial charge >= 0.3 is 0 Å². The number of anilines is 2. The molecular weight excluding hydrogens is 809 g/mol. The average molecular weight is 861 g/mol. The predicted octanol–water partition coefficient (Wildman–Crippen LogP) is 17.2. The first-order chi connectivity index (χ1) is 33.2. The Kier molecular flexibility index (Phi) is 11.8. The second kappa shape index (κ2) is 19.1. The molecule has 0 fully saturated rings. The number of rotatable bonds is 11. The molecule has 0 amide bonds. The van der Waals surface area contributed by atoms with E-state index in [4.69, 9.17) is 0 Å². The first-order valence-electron chi connectivity index (χ1n) is 23.6. The number of para-hydroxylation sites is 1. The predicted molar refractivity (Wildman–Crippen MR) is 285 cm³/mol. The molecule has 0 spiro atoms. The van der Waals surface area contributed by atoms with Crippen LogP contribution in [0.1, 0.15) is 65.1 Å². The minimum atomic E-state index is -0.0348. The molecule has 0 radical (unpaired) electrons. The normalized spacial score (nSPS) is 15.6. The van der Waals surface area contributed by atoms with E-state index in [1.165, 1.54) is 83.5 Å². The standard InChI is InChI=1S/C65H52N2/c1-4-15-46(16-5-1)54-21-12-23-56(41-54)48-29-31-50(32-30-48)60-44-64(67-65(45-60)53-37-39-61(40-38-53)66-63-28-11-10-27-62(63)51-19-8-3-9-20-51)52-35-33-49(34-36-52)57-24-14-26-59(43-57)58-25-13-22-55(42-58)47-17-6-2-7-18-47/h1-6,8-11,13-17,19-22,24-45,65-67H,7,12,18,23H2. The Bertz CT molecular complexity index is 3230. The van der Waals surface area contributed by atoms with Gasteiger partial charge < -0.3 is 10.6 Å². The quantitative estimate of drug-likeness (QED) is 0.135. The van der Waals surface area contributed by atoms with Crippen LogP contribution in [0.25, 0.3) is 61.4 Å². The van der Waals surface area contributed by atoms with Crippen LogP contribution in [0.3, 0.4) is 0 Å². The lowest BCUT2D eigenvalue weighted by Gasteiger charge is -2.26. The van der Waals surface area contributed by atoms with Gasteiger partial charge in [0, 0.05) is 22.6 Å². The van der Waals surface area contributed by atoms with Crippen LogP contribution in [-0.2, 0) is 0 Å². The van der Waals surface area contributed by atoms with E-state index in [-0.39, 0.29) is 6.04 Å². The molecule has 2 nitrogen and oxygen atoms in total. The van der Waals surface area contributed by atoms with Gasteiger partial charge in [0.2, 0.25) is 0 Å². The van der Waals surface area contributed by atoms with Gasteiger partial charge in [-0.1, -0.05) is 206 Å². The third-order valence-corrected chi connectivity index (χ3v) is 13.3. The summed E-state index contributed by atoms with van der Waals surface area (Å²) in [7, 11) is 0. The molecule has 11 rings (SSSR count). The summed E-state index contributed by atoms with van der Waals surface area (Å²) >= 11 is 0. The van der Waals surface area contributed by atoms with Crippen molar-refractivity contribution in [2.24, 2.45) is 0 Å². The molecule has 0 bridgehead atoms. The number of hydrogen-bond donors (Lipinski definition) is 2. The van der Waals surface area contributed by atoms with Gasteiger partial charge in [0.1, 0.15) is 0 Å². The number of nitrogens with one attached hydrogen (secondary N) is 2. The highest BCUT2D eigenvalue weighted by Crippen LogP contribution is 2.37. The summed E-state index contributed by atoms with van der Waals surface area (Å²) < 4.78 is 0. The smallest absolute Gasteiger partial charge is 0.0707 e.